The predicted octanol–water partition coefficient (Wildman–Crippen LogP) is 2.18. The molecule has 3 rings (SSSR count). The minimum atomic E-state index is 0.148. The number of hydrogen-bond donors (Lipinski definition) is 1. The van der Waals surface area contributed by atoms with E-state index in [2.05, 4.69) is 9.89 Å². The first-order valence-corrected chi connectivity index (χ1v) is 9.90. The number of nitrogens with zero attached hydrogens (tertiary/aromatic N) is 3. The molecular weight excluding hydrogens is 320 g/mol. The van der Waals surface area contributed by atoms with Crippen LogP contribution in [0, 0.1) is 0 Å². The average Bonchev–Trinajstić information content (AvgIpc) is 2.67. The molecule has 2 heterocycles. The van der Waals surface area contributed by atoms with Gasteiger partial charge in [-0.2, -0.15) is 11.8 Å². The molecular formula is C18H26N4OS. The zero-order chi connectivity index (χ0) is 16.8. The lowest BCUT2D eigenvalue weighted by molar-refractivity contribution is 0.0724. The van der Waals surface area contributed by atoms with E-state index in [0.29, 0.717) is 12.5 Å². The summed E-state index contributed by atoms with van der Waals surface area (Å²) in [6.45, 7) is 4.28. The molecule has 2 aliphatic heterocycles. The summed E-state index contributed by atoms with van der Waals surface area (Å²) in [7, 11) is 0. The highest BCUT2D eigenvalue weighted by molar-refractivity contribution is 7.99. The molecule has 0 atom stereocenters. The first kappa shape index (κ1) is 17.1. The molecule has 130 valence electrons. The maximum Gasteiger partial charge on any atom is 0.253 e. The fourth-order valence-electron chi connectivity index (χ4n) is 3.10. The number of guanidine groups is 1. The van der Waals surface area contributed by atoms with E-state index in [-0.39, 0.29) is 5.91 Å². The van der Waals surface area contributed by atoms with Crippen LogP contribution in [0.25, 0.3) is 0 Å². The van der Waals surface area contributed by atoms with Crippen LogP contribution in [0.5, 0.6) is 0 Å². The third-order valence-corrected chi connectivity index (χ3v) is 5.55. The van der Waals surface area contributed by atoms with Crippen LogP contribution in [0.2, 0.25) is 0 Å². The van der Waals surface area contributed by atoms with E-state index in [1.165, 1.54) is 6.42 Å². The molecule has 0 aromatic heterocycles. The number of amides is 1. The van der Waals surface area contributed by atoms with Gasteiger partial charge in [0.1, 0.15) is 0 Å². The van der Waals surface area contributed by atoms with Crippen LogP contribution in [0.1, 0.15) is 35.2 Å². The second kappa shape index (κ2) is 8.42. The van der Waals surface area contributed by atoms with E-state index < -0.39 is 0 Å². The lowest BCUT2D eigenvalue weighted by Crippen LogP contribution is -2.42. The fraction of sp³-hybridized carbons (Fsp3) is 0.556. The zero-order valence-corrected chi connectivity index (χ0v) is 14.9. The largest absolute Gasteiger partial charge is 0.370 e. The lowest BCUT2D eigenvalue weighted by atomic mass is 10.1. The van der Waals surface area contributed by atoms with Gasteiger partial charge in [-0.1, -0.05) is 12.1 Å². The van der Waals surface area contributed by atoms with Crippen LogP contribution >= 0.6 is 11.8 Å². The summed E-state index contributed by atoms with van der Waals surface area (Å²) in [5, 5.41) is 0. The van der Waals surface area contributed by atoms with Gasteiger partial charge in [-0.3, -0.25) is 4.79 Å². The van der Waals surface area contributed by atoms with E-state index in [4.69, 9.17) is 5.73 Å². The Morgan fingerprint density at radius 2 is 1.67 bits per heavy atom. The van der Waals surface area contributed by atoms with Crippen LogP contribution in [0.15, 0.2) is 29.3 Å². The van der Waals surface area contributed by atoms with Gasteiger partial charge in [-0.05, 0) is 37.0 Å². The number of hydrogen-bond acceptors (Lipinski definition) is 3. The van der Waals surface area contributed by atoms with Crippen LogP contribution < -0.4 is 5.73 Å². The van der Waals surface area contributed by atoms with Gasteiger partial charge in [0.15, 0.2) is 5.96 Å². The predicted molar refractivity (Wildman–Crippen MR) is 100 cm³/mol. The summed E-state index contributed by atoms with van der Waals surface area (Å²) in [5.74, 6) is 3.01. The number of aliphatic imine (C=N–C) groups is 1. The van der Waals surface area contributed by atoms with Gasteiger partial charge in [0.05, 0.1) is 6.54 Å². The Balaban J connectivity index is 1.56. The molecule has 0 radical (unpaired) electrons. The molecule has 0 aliphatic carbocycles. The van der Waals surface area contributed by atoms with Gasteiger partial charge < -0.3 is 15.5 Å². The number of likely N-dealkylation sites (tertiary alicyclic amines) is 1. The summed E-state index contributed by atoms with van der Waals surface area (Å²) in [6.07, 6.45) is 3.47. The molecule has 1 aromatic carbocycles. The Kier molecular flexibility index (Phi) is 6.01. The fourth-order valence-corrected chi connectivity index (χ4v) is 4.00. The first-order chi connectivity index (χ1) is 11.7. The maximum atomic E-state index is 12.5. The van der Waals surface area contributed by atoms with Crippen molar-refractivity contribution < 1.29 is 4.79 Å². The lowest BCUT2D eigenvalue weighted by Gasteiger charge is -2.27. The van der Waals surface area contributed by atoms with Crippen molar-refractivity contribution in [3.05, 3.63) is 35.4 Å². The number of nitrogens with two attached hydrogens (primary N) is 1. The van der Waals surface area contributed by atoms with Crippen molar-refractivity contribution in [1.82, 2.24) is 9.80 Å². The molecule has 1 aromatic rings. The Bertz CT molecular complexity index is 575. The first-order valence-electron chi connectivity index (χ1n) is 8.75. The average molecular weight is 347 g/mol. The van der Waals surface area contributed by atoms with Crippen LogP contribution in [-0.4, -0.2) is 59.4 Å². The zero-order valence-electron chi connectivity index (χ0n) is 14.1. The van der Waals surface area contributed by atoms with Gasteiger partial charge in [-0.15, -0.1) is 0 Å². The highest BCUT2D eigenvalue weighted by Gasteiger charge is 2.18. The minimum absolute atomic E-state index is 0.148. The number of thioether (sulfide) groups is 1. The molecule has 6 heteroatoms. The second-order valence-electron chi connectivity index (χ2n) is 6.32. The Morgan fingerprint density at radius 1 is 1.00 bits per heavy atom. The smallest absolute Gasteiger partial charge is 0.253 e. The molecule has 2 saturated heterocycles. The van der Waals surface area contributed by atoms with E-state index >= 15 is 0 Å². The van der Waals surface area contributed by atoms with Crippen molar-refractivity contribution in [1.29, 1.82) is 0 Å². The van der Waals surface area contributed by atoms with E-state index in [1.54, 1.807) is 0 Å². The third-order valence-electron chi connectivity index (χ3n) is 4.60. The van der Waals surface area contributed by atoms with Gasteiger partial charge in [-0.25, -0.2) is 4.99 Å². The third kappa shape index (κ3) is 4.44. The van der Waals surface area contributed by atoms with Crippen molar-refractivity contribution in [3.8, 4) is 0 Å². The molecule has 5 nitrogen and oxygen atoms in total. The van der Waals surface area contributed by atoms with Crippen LogP contribution in [0.3, 0.4) is 0 Å². The molecule has 0 spiro atoms. The van der Waals surface area contributed by atoms with Gasteiger partial charge in [0, 0.05) is 43.2 Å². The monoisotopic (exact) mass is 346 g/mol. The van der Waals surface area contributed by atoms with Crippen LogP contribution in [0.4, 0.5) is 0 Å². The highest BCUT2D eigenvalue weighted by Crippen LogP contribution is 2.14. The summed E-state index contributed by atoms with van der Waals surface area (Å²) in [5.41, 5.74) is 7.93. The Labute approximate surface area is 148 Å². The topological polar surface area (TPSA) is 61.9 Å². The molecule has 1 amide bonds. The highest BCUT2D eigenvalue weighted by atomic mass is 32.2. The van der Waals surface area contributed by atoms with Gasteiger partial charge in [0.2, 0.25) is 0 Å². The van der Waals surface area contributed by atoms with E-state index in [1.807, 2.05) is 40.9 Å². The standard InChI is InChI=1S/C18H26N4OS/c19-18(22-10-12-24-13-11-22)20-14-15-4-6-16(7-5-15)17(23)21-8-2-1-3-9-21/h4-7H,1-3,8-14H2,(H2,19,20). The van der Waals surface area contributed by atoms with Crippen LogP contribution in [-0.2, 0) is 6.54 Å². The van der Waals surface area contributed by atoms with Crippen molar-refractivity contribution in [2.45, 2.75) is 25.8 Å². The van der Waals surface area contributed by atoms with E-state index in [9.17, 15) is 4.79 Å². The summed E-state index contributed by atoms with van der Waals surface area (Å²) >= 11 is 1.96. The Hall–Kier alpha value is -1.69. The number of piperidine rings is 1. The summed E-state index contributed by atoms with van der Waals surface area (Å²) < 4.78 is 0. The van der Waals surface area contributed by atoms with Gasteiger partial charge >= 0.3 is 0 Å². The molecule has 0 saturated carbocycles. The van der Waals surface area contributed by atoms with E-state index in [0.717, 1.165) is 61.7 Å². The molecule has 2 aliphatic rings. The van der Waals surface area contributed by atoms with Gasteiger partial charge in [0.25, 0.3) is 5.91 Å². The number of carbonyl (C=O) groups excluding carboxylic acids is 1. The second-order valence-corrected chi connectivity index (χ2v) is 7.55. The minimum Gasteiger partial charge on any atom is -0.370 e. The maximum absolute atomic E-state index is 12.5. The SMILES string of the molecule is NC(=NCc1ccc(C(=O)N2CCCCC2)cc1)N1CCSCC1. The Morgan fingerprint density at radius 3 is 2.33 bits per heavy atom. The molecule has 2 fully saturated rings. The summed E-state index contributed by atoms with van der Waals surface area (Å²) in [6, 6.07) is 7.80. The molecule has 0 bridgehead atoms. The molecule has 0 unspecified atom stereocenters. The number of carbonyl (C=O) groups is 1. The number of benzene rings is 1. The quantitative estimate of drug-likeness (QED) is 0.673. The molecule has 24 heavy (non-hydrogen) atoms. The van der Waals surface area contributed by atoms with Crippen molar-refractivity contribution in [2.24, 2.45) is 10.7 Å². The number of rotatable bonds is 3. The molecule has 2 N–H and O–H groups in total. The normalized spacial score (nSPS) is 19.4. The van der Waals surface area contributed by atoms with Crippen molar-refractivity contribution in [2.75, 3.05) is 37.7 Å². The van der Waals surface area contributed by atoms with Crippen molar-refractivity contribution in [3.63, 3.8) is 0 Å². The van der Waals surface area contributed by atoms with Crippen molar-refractivity contribution >= 4 is 23.6 Å². The summed E-state index contributed by atoms with van der Waals surface area (Å²) in [4.78, 5) is 21.1.